The van der Waals surface area contributed by atoms with Crippen molar-refractivity contribution in [2.24, 2.45) is 0 Å². The predicted molar refractivity (Wildman–Crippen MR) is 94.2 cm³/mol. The Kier molecular flexibility index (Phi) is 4.65. The van der Waals surface area contributed by atoms with Crippen LogP contribution >= 0.6 is 22.6 Å². The zero-order valence-electron chi connectivity index (χ0n) is 12.0. The first-order chi connectivity index (χ1) is 11.2. The van der Waals surface area contributed by atoms with Crippen molar-refractivity contribution in [3.63, 3.8) is 0 Å². The van der Waals surface area contributed by atoms with E-state index in [1.165, 1.54) is 0 Å². The third kappa shape index (κ3) is 3.55. The minimum Gasteiger partial charge on any atom is -0.486 e. The highest BCUT2D eigenvalue weighted by atomic mass is 127. The maximum Gasteiger partial charge on any atom is 0.332 e. The smallest absolute Gasteiger partial charge is 0.332 e. The molecule has 0 bridgehead atoms. The molecule has 0 radical (unpaired) electrons. The number of halogens is 1. The van der Waals surface area contributed by atoms with Gasteiger partial charge in [-0.3, -0.25) is 4.79 Å². The average Bonchev–Trinajstić information content (AvgIpc) is 2.55. The van der Waals surface area contributed by atoms with Crippen LogP contribution in [0.3, 0.4) is 0 Å². The summed E-state index contributed by atoms with van der Waals surface area (Å²) in [5, 5.41) is 2.68. The number of rotatable bonds is 3. The van der Waals surface area contributed by atoms with E-state index in [0.29, 0.717) is 42.5 Å². The first kappa shape index (κ1) is 15.6. The van der Waals surface area contributed by atoms with E-state index in [1.807, 2.05) is 6.07 Å². The normalized spacial score (nSPS) is 12.4. The van der Waals surface area contributed by atoms with Gasteiger partial charge >= 0.3 is 6.03 Å². The summed E-state index contributed by atoms with van der Waals surface area (Å²) >= 11 is 2.12. The fourth-order valence-electron chi connectivity index (χ4n) is 2.16. The monoisotopic (exact) mass is 424 g/mol. The van der Waals surface area contributed by atoms with E-state index < -0.39 is 6.03 Å². The number of carbonyl (C=O) groups excluding carboxylic acids is 2. The Morgan fingerprint density at radius 3 is 2.65 bits per heavy atom. The lowest BCUT2D eigenvalue weighted by molar-refractivity contribution is -0.106. The van der Waals surface area contributed by atoms with Crippen LogP contribution in [0.5, 0.6) is 11.5 Å². The number of carbonyl (C=O) groups is 2. The summed E-state index contributed by atoms with van der Waals surface area (Å²) in [6.45, 7) is 0.970. The molecule has 118 valence electrons. The van der Waals surface area contributed by atoms with E-state index in [1.54, 1.807) is 36.4 Å². The molecule has 0 aromatic heterocycles. The number of nitrogens with zero attached hydrogens (tertiary/aromatic N) is 1. The number of anilines is 2. The molecule has 1 heterocycles. The van der Waals surface area contributed by atoms with Crippen LogP contribution < -0.4 is 19.7 Å². The Morgan fingerprint density at radius 2 is 1.91 bits per heavy atom. The van der Waals surface area contributed by atoms with Gasteiger partial charge in [-0.05, 0) is 52.9 Å². The zero-order valence-corrected chi connectivity index (χ0v) is 14.1. The highest BCUT2D eigenvalue weighted by molar-refractivity contribution is 14.1. The molecule has 3 rings (SSSR count). The van der Waals surface area contributed by atoms with Crippen molar-refractivity contribution in [1.82, 2.24) is 0 Å². The summed E-state index contributed by atoms with van der Waals surface area (Å²) < 4.78 is 11.8. The largest absolute Gasteiger partial charge is 0.486 e. The number of fused-ring (bicyclic) bond motifs is 1. The average molecular weight is 424 g/mol. The fourth-order valence-corrected chi connectivity index (χ4v) is 2.68. The Bertz CT molecular complexity index is 751. The van der Waals surface area contributed by atoms with Gasteiger partial charge in [0.1, 0.15) is 13.2 Å². The second kappa shape index (κ2) is 6.86. The van der Waals surface area contributed by atoms with E-state index in [4.69, 9.17) is 9.47 Å². The predicted octanol–water partition coefficient (Wildman–Crippen LogP) is 3.26. The highest BCUT2D eigenvalue weighted by Gasteiger charge is 2.17. The van der Waals surface area contributed by atoms with Gasteiger partial charge in [0.2, 0.25) is 6.41 Å². The summed E-state index contributed by atoms with van der Waals surface area (Å²) in [6.07, 6.45) is 0.485. The van der Waals surface area contributed by atoms with Gasteiger partial charge in [-0.15, -0.1) is 0 Å². The minimum atomic E-state index is -0.543. The lowest BCUT2D eigenvalue weighted by atomic mass is 10.2. The van der Waals surface area contributed by atoms with Crippen molar-refractivity contribution in [3.05, 3.63) is 46.0 Å². The van der Waals surface area contributed by atoms with Crippen molar-refractivity contribution in [1.29, 1.82) is 0 Å². The van der Waals surface area contributed by atoms with Gasteiger partial charge in [0.15, 0.2) is 11.5 Å². The number of benzene rings is 2. The summed E-state index contributed by atoms with van der Waals surface area (Å²) in [4.78, 5) is 24.6. The molecule has 1 N–H and O–H groups in total. The van der Waals surface area contributed by atoms with Crippen LogP contribution in [0.15, 0.2) is 42.5 Å². The lowest BCUT2D eigenvalue weighted by Crippen LogP contribution is -2.33. The third-order valence-electron chi connectivity index (χ3n) is 3.20. The molecule has 23 heavy (non-hydrogen) atoms. The van der Waals surface area contributed by atoms with Gasteiger partial charge in [-0.2, -0.15) is 0 Å². The fraction of sp³-hybridized carbons (Fsp3) is 0.125. The van der Waals surface area contributed by atoms with Crippen molar-refractivity contribution in [3.8, 4) is 11.5 Å². The molecule has 2 aromatic rings. The van der Waals surface area contributed by atoms with E-state index in [2.05, 4.69) is 27.9 Å². The van der Waals surface area contributed by atoms with Crippen LogP contribution in [-0.2, 0) is 4.79 Å². The van der Waals surface area contributed by atoms with Gasteiger partial charge in [0, 0.05) is 15.3 Å². The van der Waals surface area contributed by atoms with Crippen LogP contribution in [0.2, 0.25) is 0 Å². The number of hydrogen-bond donors (Lipinski definition) is 1. The maximum atomic E-state index is 12.3. The molecule has 2 aromatic carbocycles. The summed E-state index contributed by atoms with van der Waals surface area (Å²) in [7, 11) is 0. The van der Waals surface area contributed by atoms with Crippen LogP contribution in [0.4, 0.5) is 16.2 Å². The van der Waals surface area contributed by atoms with E-state index in [9.17, 15) is 9.59 Å². The summed E-state index contributed by atoms with van der Waals surface area (Å²) in [5.41, 5.74) is 1.03. The number of urea groups is 1. The summed E-state index contributed by atoms with van der Waals surface area (Å²) in [6, 6.07) is 11.7. The van der Waals surface area contributed by atoms with Crippen LogP contribution in [0.1, 0.15) is 0 Å². The van der Waals surface area contributed by atoms with Crippen LogP contribution in [-0.4, -0.2) is 25.7 Å². The first-order valence-electron chi connectivity index (χ1n) is 6.88. The Balaban J connectivity index is 1.78. The van der Waals surface area contributed by atoms with Crippen molar-refractivity contribution in [2.75, 3.05) is 23.4 Å². The molecular formula is C16H13IN2O4. The topological polar surface area (TPSA) is 67.9 Å². The molecule has 6 nitrogen and oxygen atoms in total. The SMILES string of the molecule is O=CN(C(=O)Nc1ccc2c(c1)OCCO2)c1cccc(I)c1. The lowest BCUT2D eigenvalue weighted by Gasteiger charge is -2.20. The zero-order chi connectivity index (χ0) is 16.2. The molecule has 0 spiro atoms. The van der Waals surface area contributed by atoms with E-state index in [-0.39, 0.29) is 0 Å². The molecule has 7 heteroatoms. The van der Waals surface area contributed by atoms with Crippen LogP contribution in [0, 0.1) is 3.57 Å². The molecule has 3 amide bonds. The molecule has 0 saturated heterocycles. The minimum absolute atomic E-state index is 0.466. The van der Waals surface area contributed by atoms with Crippen LogP contribution in [0.25, 0.3) is 0 Å². The molecule has 1 aliphatic rings. The summed E-state index contributed by atoms with van der Waals surface area (Å²) in [5.74, 6) is 1.21. The molecule has 1 aliphatic heterocycles. The standard InChI is InChI=1S/C16H13IN2O4/c17-11-2-1-3-13(8-11)19(10-20)16(21)18-12-4-5-14-15(9-12)23-7-6-22-14/h1-5,8-10H,6-7H2,(H,18,21). The number of ether oxygens (including phenoxy) is 2. The van der Waals surface area contributed by atoms with Gasteiger partial charge in [-0.25, -0.2) is 9.69 Å². The highest BCUT2D eigenvalue weighted by Crippen LogP contribution is 2.32. The second-order valence-corrected chi connectivity index (χ2v) is 5.99. The first-order valence-corrected chi connectivity index (χ1v) is 7.96. The molecule has 0 fully saturated rings. The van der Waals surface area contributed by atoms with Crippen molar-refractivity contribution < 1.29 is 19.1 Å². The molecule has 0 aliphatic carbocycles. The number of imide groups is 1. The number of amides is 3. The number of hydrogen-bond acceptors (Lipinski definition) is 4. The molecule has 0 saturated carbocycles. The van der Waals surface area contributed by atoms with E-state index in [0.717, 1.165) is 8.47 Å². The quantitative estimate of drug-likeness (QED) is 0.607. The van der Waals surface area contributed by atoms with E-state index >= 15 is 0 Å². The molecule has 0 unspecified atom stereocenters. The maximum absolute atomic E-state index is 12.3. The van der Waals surface area contributed by atoms with Gasteiger partial charge in [0.25, 0.3) is 0 Å². The molecule has 0 atom stereocenters. The second-order valence-electron chi connectivity index (χ2n) is 4.74. The number of nitrogens with one attached hydrogen (secondary N) is 1. The third-order valence-corrected chi connectivity index (χ3v) is 3.88. The van der Waals surface area contributed by atoms with Crippen molar-refractivity contribution >= 4 is 46.4 Å². The molecular weight excluding hydrogens is 411 g/mol. The Hall–Kier alpha value is -2.29. The Morgan fingerprint density at radius 1 is 1.13 bits per heavy atom. The van der Waals surface area contributed by atoms with Gasteiger partial charge in [0.05, 0.1) is 5.69 Å². The van der Waals surface area contributed by atoms with Gasteiger partial charge in [-0.1, -0.05) is 6.07 Å². The van der Waals surface area contributed by atoms with Gasteiger partial charge < -0.3 is 14.8 Å². The Labute approximate surface area is 146 Å². The van der Waals surface area contributed by atoms with Crippen molar-refractivity contribution in [2.45, 2.75) is 0 Å².